The van der Waals surface area contributed by atoms with Gasteiger partial charge in [0.2, 0.25) is 4.75 Å². The summed E-state index contributed by atoms with van der Waals surface area (Å²) in [5, 5.41) is 18.0. The number of carbonyl (C=O) groups is 2. The molecule has 0 spiro atoms. The zero-order valence-corrected chi connectivity index (χ0v) is 10.3. The van der Waals surface area contributed by atoms with Crippen molar-refractivity contribution in [3.05, 3.63) is 0 Å². The molecule has 9 nitrogen and oxygen atoms in total. The first-order valence-electron chi connectivity index (χ1n) is 4.98. The molecule has 10 heteroatoms. The average Bonchev–Trinajstić information content (AvgIpc) is 2.20. The summed E-state index contributed by atoms with van der Waals surface area (Å²) < 4.78 is 28.9. The van der Waals surface area contributed by atoms with Crippen molar-refractivity contribution >= 4 is 22.1 Å². The molecular formula is C8H16N2O7S. The highest BCUT2D eigenvalue weighted by molar-refractivity contribution is 7.88. The van der Waals surface area contributed by atoms with Crippen LogP contribution in [0.5, 0.6) is 0 Å². The van der Waals surface area contributed by atoms with E-state index in [9.17, 15) is 18.0 Å². The normalized spacial score (nSPS) is 16.8. The van der Waals surface area contributed by atoms with Crippen molar-refractivity contribution in [2.24, 2.45) is 17.4 Å². The minimum absolute atomic E-state index is 0.244. The molecule has 0 aliphatic rings. The third kappa shape index (κ3) is 2.96. The summed E-state index contributed by atoms with van der Waals surface area (Å²) in [4.78, 5) is 22.2. The Bertz CT molecular complexity index is 421. The van der Waals surface area contributed by atoms with Gasteiger partial charge in [0.1, 0.15) is 0 Å². The molecule has 2 atom stereocenters. The van der Waals surface area contributed by atoms with Crippen LogP contribution in [0.15, 0.2) is 0 Å². The Balaban J connectivity index is 5.98. The van der Waals surface area contributed by atoms with Gasteiger partial charge in [0, 0.05) is 0 Å². The molecule has 0 aliphatic carbocycles. The maximum Gasteiger partial charge on any atom is 0.328 e. The van der Waals surface area contributed by atoms with Crippen molar-refractivity contribution in [3.63, 3.8) is 0 Å². The maximum absolute atomic E-state index is 11.3. The number of carboxylic acid groups (broad SMARTS) is 2. The highest BCUT2D eigenvalue weighted by Gasteiger charge is 2.58. The molecule has 0 saturated carbocycles. The lowest BCUT2D eigenvalue weighted by Gasteiger charge is -2.31. The van der Waals surface area contributed by atoms with Crippen molar-refractivity contribution < 1.29 is 32.8 Å². The fourth-order valence-corrected chi connectivity index (χ4v) is 2.96. The van der Waals surface area contributed by atoms with Crippen LogP contribution >= 0.6 is 0 Å². The standard InChI is InChI=1S/C8H16N2O7S/c9-3-1-5(6(11)12)8(2-4-10,7(13)14)18(15,16)17/h5H,1-4,9-10H2,(H,11,12)(H,13,14)(H,15,16,17). The highest BCUT2D eigenvalue weighted by Crippen LogP contribution is 2.33. The molecule has 0 fully saturated rings. The van der Waals surface area contributed by atoms with Crippen molar-refractivity contribution in [1.82, 2.24) is 0 Å². The van der Waals surface area contributed by atoms with Gasteiger partial charge in [-0.15, -0.1) is 0 Å². The fourth-order valence-electron chi connectivity index (χ4n) is 1.79. The second kappa shape index (κ2) is 6.09. The smallest absolute Gasteiger partial charge is 0.328 e. The molecule has 0 heterocycles. The Hall–Kier alpha value is -1.23. The van der Waals surface area contributed by atoms with Crippen molar-refractivity contribution in [2.45, 2.75) is 17.6 Å². The van der Waals surface area contributed by atoms with E-state index < -0.39 is 52.1 Å². The molecule has 0 bridgehead atoms. The summed E-state index contributed by atoms with van der Waals surface area (Å²) in [7, 11) is -5.17. The summed E-state index contributed by atoms with van der Waals surface area (Å²) in [6, 6.07) is 0. The van der Waals surface area contributed by atoms with E-state index >= 15 is 0 Å². The lowest BCUT2D eigenvalue weighted by atomic mass is 9.85. The molecular weight excluding hydrogens is 268 g/mol. The monoisotopic (exact) mass is 284 g/mol. The Kier molecular flexibility index (Phi) is 5.67. The van der Waals surface area contributed by atoms with Gasteiger partial charge in [0.15, 0.2) is 0 Å². The first-order chi connectivity index (χ1) is 8.15. The third-order valence-electron chi connectivity index (χ3n) is 2.65. The molecule has 7 N–H and O–H groups in total. The largest absolute Gasteiger partial charge is 0.481 e. The molecule has 0 aromatic heterocycles. The van der Waals surface area contributed by atoms with Gasteiger partial charge in [-0.1, -0.05) is 0 Å². The number of nitrogens with two attached hydrogens (primary N) is 2. The Labute approximate surface area is 104 Å². The van der Waals surface area contributed by atoms with Crippen LogP contribution < -0.4 is 11.5 Å². The van der Waals surface area contributed by atoms with E-state index in [1.54, 1.807) is 0 Å². The maximum atomic E-state index is 11.3. The molecule has 106 valence electrons. The van der Waals surface area contributed by atoms with E-state index in [1.807, 2.05) is 0 Å². The molecule has 0 saturated heterocycles. The van der Waals surface area contributed by atoms with Gasteiger partial charge in [0.05, 0.1) is 5.92 Å². The van der Waals surface area contributed by atoms with Crippen molar-refractivity contribution in [2.75, 3.05) is 13.1 Å². The third-order valence-corrected chi connectivity index (χ3v) is 4.24. The van der Waals surface area contributed by atoms with E-state index in [0.29, 0.717) is 0 Å². The number of aliphatic carboxylic acids is 2. The van der Waals surface area contributed by atoms with E-state index in [2.05, 4.69) is 0 Å². The van der Waals surface area contributed by atoms with Crippen LogP contribution in [0.1, 0.15) is 12.8 Å². The molecule has 2 unspecified atom stereocenters. The zero-order chi connectivity index (χ0) is 14.6. The molecule has 0 aliphatic heterocycles. The zero-order valence-electron chi connectivity index (χ0n) is 9.44. The Morgan fingerprint density at radius 1 is 1.17 bits per heavy atom. The number of carboxylic acids is 2. The van der Waals surface area contributed by atoms with Gasteiger partial charge in [-0.2, -0.15) is 8.42 Å². The molecule has 0 aromatic rings. The Morgan fingerprint density at radius 2 is 1.67 bits per heavy atom. The summed E-state index contributed by atoms with van der Waals surface area (Å²) in [6.45, 7) is -0.660. The lowest BCUT2D eigenvalue weighted by molar-refractivity contribution is -0.152. The van der Waals surface area contributed by atoms with Gasteiger partial charge in [-0.05, 0) is 25.9 Å². The van der Waals surface area contributed by atoms with Crippen LogP contribution in [0, 0.1) is 5.92 Å². The van der Waals surface area contributed by atoms with Gasteiger partial charge in [-0.25, -0.2) is 0 Å². The van der Waals surface area contributed by atoms with Crippen LogP contribution in [0.2, 0.25) is 0 Å². The average molecular weight is 284 g/mol. The molecule has 0 radical (unpaired) electrons. The molecule has 0 amide bonds. The lowest BCUT2D eigenvalue weighted by Crippen LogP contribution is -2.56. The Morgan fingerprint density at radius 3 is 1.89 bits per heavy atom. The van der Waals surface area contributed by atoms with E-state index in [4.69, 9.17) is 26.2 Å². The topological polar surface area (TPSA) is 181 Å². The van der Waals surface area contributed by atoms with Crippen LogP contribution in [-0.2, 0) is 19.7 Å². The van der Waals surface area contributed by atoms with E-state index in [1.165, 1.54) is 0 Å². The van der Waals surface area contributed by atoms with Gasteiger partial charge >= 0.3 is 11.9 Å². The van der Waals surface area contributed by atoms with Crippen molar-refractivity contribution in [3.8, 4) is 0 Å². The molecule has 0 aromatic carbocycles. The van der Waals surface area contributed by atoms with E-state index in [0.717, 1.165) is 0 Å². The van der Waals surface area contributed by atoms with Gasteiger partial charge < -0.3 is 21.7 Å². The van der Waals surface area contributed by atoms with Crippen LogP contribution in [0.25, 0.3) is 0 Å². The summed E-state index contributed by atoms with van der Waals surface area (Å²) in [5.74, 6) is -5.51. The van der Waals surface area contributed by atoms with Gasteiger partial charge in [-0.3, -0.25) is 14.1 Å². The quantitative estimate of drug-likeness (QED) is 0.318. The first kappa shape index (κ1) is 16.8. The molecule has 18 heavy (non-hydrogen) atoms. The van der Waals surface area contributed by atoms with E-state index in [-0.39, 0.29) is 6.54 Å². The van der Waals surface area contributed by atoms with Gasteiger partial charge in [0.25, 0.3) is 10.1 Å². The van der Waals surface area contributed by atoms with Crippen LogP contribution in [0.4, 0.5) is 0 Å². The summed E-state index contributed by atoms with van der Waals surface area (Å²) in [5.41, 5.74) is 10.3. The van der Waals surface area contributed by atoms with Crippen molar-refractivity contribution in [1.29, 1.82) is 0 Å². The molecule has 0 rings (SSSR count). The second-order valence-electron chi connectivity index (χ2n) is 3.68. The van der Waals surface area contributed by atoms with Crippen LogP contribution in [0.3, 0.4) is 0 Å². The minimum atomic E-state index is -5.17. The van der Waals surface area contributed by atoms with Crippen LogP contribution in [-0.4, -0.2) is 53.0 Å². The predicted octanol–water partition coefficient (Wildman–Crippen LogP) is -1.90. The summed E-state index contributed by atoms with van der Waals surface area (Å²) in [6.07, 6.45) is -1.14. The minimum Gasteiger partial charge on any atom is -0.481 e. The first-order valence-corrected chi connectivity index (χ1v) is 6.42. The number of rotatable bonds is 8. The highest BCUT2D eigenvalue weighted by atomic mass is 32.2. The number of hydrogen-bond donors (Lipinski definition) is 5. The fraction of sp³-hybridized carbons (Fsp3) is 0.750. The number of hydrogen-bond acceptors (Lipinski definition) is 6. The summed E-state index contributed by atoms with van der Waals surface area (Å²) >= 11 is 0. The SMILES string of the molecule is NCCC(C(=O)O)C(CCN)(C(=O)O)S(=O)(=O)O. The second-order valence-corrected chi connectivity index (χ2v) is 5.36. The predicted molar refractivity (Wildman–Crippen MR) is 60.4 cm³/mol.